The molecule has 2 heterocycles. The fraction of sp³-hybridized carbons (Fsp3) is 0.188. The van der Waals surface area contributed by atoms with E-state index >= 15 is 0 Å². The largest absolute Gasteiger partial charge is 0.398 e. The molecule has 1 aliphatic rings. The third kappa shape index (κ3) is 2.00. The van der Waals surface area contributed by atoms with Crippen LogP contribution in [0.3, 0.4) is 0 Å². The summed E-state index contributed by atoms with van der Waals surface area (Å²) in [7, 11) is 0. The molecule has 0 aliphatic heterocycles. The van der Waals surface area contributed by atoms with Gasteiger partial charge in [-0.15, -0.1) is 22.7 Å². The second-order valence-electron chi connectivity index (χ2n) is 5.08. The summed E-state index contributed by atoms with van der Waals surface area (Å²) in [5.74, 6) is 0. The van der Waals surface area contributed by atoms with E-state index in [9.17, 15) is 5.26 Å². The van der Waals surface area contributed by atoms with Gasteiger partial charge in [0.1, 0.15) is 0 Å². The third-order valence-electron chi connectivity index (χ3n) is 3.73. The fourth-order valence-electron chi connectivity index (χ4n) is 2.71. The number of hydrogen-bond acceptors (Lipinski definition) is 4. The molecule has 0 radical (unpaired) electrons. The summed E-state index contributed by atoms with van der Waals surface area (Å²) >= 11 is 3.40. The van der Waals surface area contributed by atoms with E-state index < -0.39 is 0 Å². The Hall–Kier alpha value is -1.83. The van der Waals surface area contributed by atoms with Crippen molar-refractivity contribution in [2.45, 2.75) is 18.8 Å². The molecule has 0 aromatic carbocycles. The molecule has 0 bridgehead atoms. The molecular weight excluding hydrogens is 284 g/mol. The van der Waals surface area contributed by atoms with E-state index in [1.54, 1.807) is 22.7 Å². The van der Waals surface area contributed by atoms with Gasteiger partial charge in [-0.25, -0.2) is 0 Å². The quantitative estimate of drug-likeness (QED) is 0.899. The van der Waals surface area contributed by atoms with E-state index in [2.05, 4.69) is 35.9 Å². The molecule has 2 aromatic rings. The highest BCUT2D eigenvalue weighted by Gasteiger charge is 2.38. The Balaban J connectivity index is 2.14. The number of nitrogens with zero attached hydrogens (tertiary/aromatic N) is 1. The minimum atomic E-state index is -0.318. The fourth-order valence-corrected chi connectivity index (χ4v) is 4.35. The monoisotopic (exact) mass is 298 g/mol. The van der Waals surface area contributed by atoms with Crippen LogP contribution in [0.25, 0.3) is 5.57 Å². The average Bonchev–Trinajstić information content (AvgIpc) is 3.12. The van der Waals surface area contributed by atoms with Gasteiger partial charge in [0, 0.05) is 20.9 Å². The first-order valence-corrected chi connectivity index (χ1v) is 8.10. The van der Waals surface area contributed by atoms with Gasteiger partial charge in [0.2, 0.25) is 0 Å². The number of thiophene rings is 2. The molecule has 100 valence electrons. The van der Waals surface area contributed by atoms with Crippen molar-refractivity contribution in [1.29, 1.82) is 5.26 Å². The van der Waals surface area contributed by atoms with Crippen LogP contribution < -0.4 is 5.73 Å². The van der Waals surface area contributed by atoms with Gasteiger partial charge in [-0.2, -0.15) is 5.26 Å². The van der Waals surface area contributed by atoms with Crippen LogP contribution in [0, 0.1) is 11.3 Å². The molecule has 4 heteroatoms. The molecule has 2 N–H and O–H groups in total. The summed E-state index contributed by atoms with van der Waals surface area (Å²) in [4.78, 5) is 2.42. The summed E-state index contributed by atoms with van der Waals surface area (Å²) in [5.41, 5.74) is 8.33. The van der Waals surface area contributed by atoms with Crippen molar-refractivity contribution >= 4 is 28.2 Å². The van der Waals surface area contributed by atoms with Crippen LogP contribution in [0.4, 0.5) is 0 Å². The lowest BCUT2D eigenvalue weighted by molar-refractivity contribution is 0.591. The average molecular weight is 298 g/mol. The Morgan fingerprint density at radius 2 is 2.00 bits per heavy atom. The highest BCUT2D eigenvalue weighted by molar-refractivity contribution is 7.11. The number of nitrogens with two attached hydrogens (primary N) is 1. The first-order valence-electron chi connectivity index (χ1n) is 6.34. The van der Waals surface area contributed by atoms with Gasteiger partial charge in [-0.3, -0.25) is 0 Å². The number of nitriles is 1. The van der Waals surface area contributed by atoms with Crippen LogP contribution >= 0.6 is 22.7 Å². The summed E-state index contributed by atoms with van der Waals surface area (Å²) < 4.78 is 0. The van der Waals surface area contributed by atoms with E-state index in [4.69, 9.17) is 5.73 Å². The van der Waals surface area contributed by atoms with Gasteiger partial charge in [-0.05, 0) is 47.9 Å². The molecule has 2 nitrogen and oxygen atoms in total. The lowest BCUT2D eigenvalue weighted by Gasteiger charge is -2.33. The van der Waals surface area contributed by atoms with Gasteiger partial charge >= 0.3 is 0 Å². The molecule has 2 aromatic heterocycles. The predicted octanol–water partition coefficient (Wildman–Crippen LogP) is 4.29. The van der Waals surface area contributed by atoms with Crippen molar-refractivity contribution < 1.29 is 0 Å². The highest BCUT2D eigenvalue weighted by atomic mass is 32.1. The molecule has 0 fully saturated rings. The number of allylic oxidation sites excluding steroid dienone is 3. The van der Waals surface area contributed by atoms with Gasteiger partial charge in [0.05, 0.1) is 11.6 Å². The van der Waals surface area contributed by atoms with Crippen LogP contribution in [-0.4, -0.2) is 0 Å². The van der Waals surface area contributed by atoms with Gasteiger partial charge < -0.3 is 5.73 Å². The predicted molar refractivity (Wildman–Crippen MR) is 85.4 cm³/mol. The van der Waals surface area contributed by atoms with Crippen molar-refractivity contribution in [2.24, 2.45) is 5.73 Å². The minimum absolute atomic E-state index is 0.318. The molecule has 1 atom stereocenters. The van der Waals surface area contributed by atoms with Crippen LogP contribution in [0.5, 0.6) is 0 Å². The van der Waals surface area contributed by atoms with Crippen molar-refractivity contribution in [3.63, 3.8) is 0 Å². The van der Waals surface area contributed by atoms with Crippen molar-refractivity contribution in [3.8, 4) is 6.07 Å². The molecule has 0 saturated heterocycles. The van der Waals surface area contributed by atoms with E-state index in [1.165, 1.54) is 15.3 Å². The first-order chi connectivity index (χ1) is 9.65. The van der Waals surface area contributed by atoms with Gasteiger partial charge in [-0.1, -0.05) is 12.1 Å². The molecule has 0 saturated carbocycles. The van der Waals surface area contributed by atoms with Crippen LogP contribution in [-0.2, 0) is 5.41 Å². The number of rotatable bonds is 2. The second-order valence-corrected chi connectivity index (χ2v) is 6.97. The Bertz CT molecular complexity index is 715. The molecule has 1 aliphatic carbocycles. The summed E-state index contributed by atoms with van der Waals surface area (Å²) in [6, 6.07) is 10.6. The topological polar surface area (TPSA) is 49.8 Å². The lowest BCUT2D eigenvalue weighted by atomic mass is 9.72. The zero-order valence-electron chi connectivity index (χ0n) is 11.1. The van der Waals surface area contributed by atoms with Crippen molar-refractivity contribution in [2.75, 3.05) is 0 Å². The zero-order valence-corrected chi connectivity index (χ0v) is 12.7. The van der Waals surface area contributed by atoms with Crippen LogP contribution in [0.2, 0.25) is 0 Å². The molecule has 20 heavy (non-hydrogen) atoms. The summed E-state index contributed by atoms with van der Waals surface area (Å²) in [6.45, 7) is 2.12. The van der Waals surface area contributed by atoms with Gasteiger partial charge in [0.25, 0.3) is 0 Å². The molecular formula is C16H14N2S2. The van der Waals surface area contributed by atoms with Crippen LogP contribution in [0.15, 0.2) is 52.4 Å². The molecule has 0 amide bonds. The Morgan fingerprint density at radius 1 is 1.25 bits per heavy atom. The Labute approximate surface area is 126 Å². The SMILES string of the molecule is CC1(c2cccs2)CC(c2cccs2)=CC(N)=C1C#N. The maximum absolute atomic E-state index is 9.50. The zero-order chi connectivity index (χ0) is 14.2. The Kier molecular flexibility index (Phi) is 3.25. The lowest BCUT2D eigenvalue weighted by Crippen LogP contribution is -2.29. The standard InChI is InChI=1S/C16H14N2S2/c1-16(15-5-3-7-20-15)9-11(14-4-2-6-19-14)8-13(18)12(16)10-17/h2-8H,9,18H2,1H3. The smallest absolute Gasteiger partial charge is 0.0978 e. The van der Waals surface area contributed by atoms with E-state index in [0.717, 1.165) is 6.42 Å². The van der Waals surface area contributed by atoms with Gasteiger partial charge in [0.15, 0.2) is 0 Å². The summed E-state index contributed by atoms with van der Waals surface area (Å²) in [5, 5.41) is 13.6. The summed E-state index contributed by atoms with van der Waals surface area (Å²) in [6.07, 6.45) is 2.78. The first kappa shape index (κ1) is 13.2. The van der Waals surface area contributed by atoms with Crippen molar-refractivity contribution in [1.82, 2.24) is 0 Å². The maximum Gasteiger partial charge on any atom is 0.0978 e. The highest BCUT2D eigenvalue weighted by Crippen LogP contribution is 2.46. The molecule has 3 rings (SSSR count). The van der Waals surface area contributed by atoms with Crippen LogP contribution in [0.1, 0.15) is 23.1 Å². The van der Waals surface area contributed by atoms with E-state index in [0.29, 0.717) is 11.3 Å². The molecule has 1 unspecified atom stereocenters. The minimum Gasteiger partial charge on any atom is -0.398 e. The Morgan fingerprint density at radius 3 is 2.60 bits per heavy atom. The molecule has 0 spiro atoms. The maximum atomic E-state index is 9.50. The van der Waals surface area contributed by atoms with E-state index in [-0.39, 0.29) is 5.41 Å². The van der Waals surface area contributed by atoms with E-state index in [1.807, 2.05) is 18.2 Å². The second kappa shape index (κ2) is 4.93. The number of hydrogen-bond donors (Lipinski definition) is 1. The third-order valence-corrected chi connectivity index (χ3v) is 5.81. The normalized spacial score (nSPS) is 22.5. The van der Waals surface area contributed by atoms with Crippen molar-refractivity contribution in [3.05, 3.63) is 62.1 Å².